The molecule has 4 N–H and O–H groups in total. The van der Waals surface area contributed by atoms with Crippen molar-refractivity contribution in [3.8, 4) is 11.5 Å². The molecule has 0 saturated carbocycles. The van der Waals surface area contributed by atoms with Gasteiger partial charge in [0.05, 0.1) is 11.1 Å². The topological polar surface area (TPSA) is 105 Å². The van der Waals surface area contributed by atoms with Gasteiger partial charge in [-0.15, -0.1) is 5.53 Å². The summed E-state index contributed by atoms with van der Waals surface area (Å²) in [7, 11) is -3.72. The normalized spacial score (nSPS) is 17.5. The Labute approximate surface area is 138 Å². The molecule has 122 valence electrons. The minimum atomic E-state index is -3.72. The van der Waals surface area contributed by atoms with Gasteiger partial charge in [0.25, 0.3) is 0 Å². The van der Waals surface area contributed by atoms with Crippen LogP contribution >= 0.6 is 12.2 Å². The lowest BCUT2D eigenvalue weighted by Gasteiger charge is -2.27. The number of thiocarbonyl (C=S) groups is 1. The molecule has 3 rings (SSSR count). The number of nitrogens with one attached hydrogen (secondary N) is 2. The van der Waals surface area contributed by atoms with Gasteiger partial charge in [-0.2, -0.15) is 0 Å². The molecule has 0 radical (unpaired) electrons. The summed E-state index contributed by atoms with van der Waals surface area (Å²) in [6.45, 7) is 1.85. The lowest BCUT2D eigenvalue weighted by Crippen LogP contribution is -2.47. The van der Waals surface area contributed by atoms with E-state index in [9.17, 15) is 18.6 Å². The molecule has 8 nitrogen and oxygen atoms in total. The fourth-order valence-corrected chi connectivity index (χ4v) is 3.71. The van der Waals surface area contributed by atoms with Crippen LogP contribution in [-0.2, 0) is 9.84 Å². The summed E-state index contributed by atoms with van der Waals surface area (Å²) in [6.07, 6.45) is 3.33. The number of hydrogen-bond acceptors (Lipinski definition) is 8. The van der Waals surface area contributed by atoms with E-state index in [1.165, 1.54) is 11.1 Å². The summed E-state index contributed by atoms with van der Waals surface area (Å²) >= 11 is 5.21. The summed E-state index contributed by atoms with van der Waals surface area (Å²) in [5.74, 6) is -0.614. The van der Waals surface area contributed by atoms with E-state index in [-0.39, 0.29) is 16.5 Å². The monoisotopic (exact) mass is 354 g/mol. The first kappa shape index (κ1) is 15.6. The largest absolute Gasteiger partial charge is 0.504 e. The maximum atomic E-state index is 12.4. The fraction of sp³-hybridized carbons (Fsp3) is 0.154. The highest BCUT2D eigenvalue weighted by Gasteiger charge is 2.29. The van der Waals surface area contributed by atoms with Crippen LogP contribution in [0.4, 0.5) is 0 Å². The van der Waals surface area contributed by atoms with Gasteiger partial charge in [-0.25, -0.2) is 13.4 Å². The summed E-state index contributed by atoms with van der Waals surface area (Å²) in [6, 6.07) is 3.37. The van der Waals surface area contributed by atoms with Crippen molar-refractivity contribution in [1.29, 1.82) is 0 Å². The number of phenolic OH excluding ortho intramolecular Hbond substituents is 2. The van der Waals surface area contributed by atoms with Crippen molar-refractivity contribution in [2.24, 2.45) is 0 Å². The molecule has 0 amide bonds. The van der Waals surface area contributed by atoms with Gasteiger partial charge in [0.2, 0.25) is 0 Å². The highest BCUT2D eigenvalue weighted by Crippen LogP contribution is 2.28. The van der Waals surface area contributed by atoms with Gasteiger partial charge >= 0.3 is 0 Å². The number of phenols is 2. The third-order valence-electron chi connectivity index (χ3n) is 3.25. The molecule has 0 bridgehead atoms. The number of benzene rings is 1. The van der Waals surface area contributed by atoms with Crippen molar-refractivity contribution >= 4 is 27.0 Å². The molecule has 0 aromatic heterocycles. The highest BCUT2D eigenvalue weighted by molar-refractivity contribution is 7.91. The van der Waals surface area contributed by atoms with Crippen molar-refractivity contribution in [2.75, 3.05) is 5.88 Å². The standard InChI is InChI=1S/C13H14N4O4S2/c1-8-4-13(22)17-12(14-8)6-16(15-17)7-23(20,21)9-2-3-10(18)11(19)5-9/h2-6,14-15,18-19H,7H2,1H3. The molecular formula is C13H14N4O4S2. The first-order chi connectivity index (χ1) is 10.8. The van der Waals surface area contributed by atoms with Gasteiger partial charge in [-0.05, 0) is 25.1 Å². The average molecular weight is 354 g/mol. The summed E-state index contributed by atoms with van der Waals surface area (Å²) in [5.41, 5.74) is 3.70. The Morgan fingerprint density at radius 2 is 2.00 bits per heavy atom. The number of sulfone groups is 1. The molecule has 0 fully saturated rings. The Hall–Kier alpha value is -2.30. The van der Waals surface area contributed by atoms with Crippen LogP contribution in [0.3, 0.4) is 0 Å². The van der Waals surface area contributed by atoms with Gasteiger partial charge in [-0.1, -0.05) is 12.2 Å². The van der Waals surface area contributed by atoms with Gasteiger partial charge in [0.1, 0.15) is 16.7 Å². The Kier molecular flexibility index (Phi) is 3.66. The van der Waals surface area contributed by atoms with E-state index in [4.69, 9.17) is 12.2 Å². The minimum Gasteiger partial charge on any atom is -0.504 e. The maximum absolute atomic E-state index is 12.4. The first-order valence-corrected chi connectivity index (χ1v) is 8.61. The molecule has 23 heavy (non-hydrogen) atoms. The van der Waals surface area contributed by atoms with Crippen LogP contribution in [0.2, 0.25) is 0 Å². The van der Waals surface area contributed by atoms with Crippen molar-refractivity contribution in [3.05, 3.63) is 42.0 Å². The van der Waals surface area contributed by atoms with Crippen LogP contribution in [-0.4, -0.2) is 39.5 Å². The van der Waals surface area contributed by atoms with E-state index in [0.717, 1.165) is 17.8 Å². The van der Waals surface area contributed by atoms with Gasteiger partial charge in [0, 0.05) is 11.8 Å². The smallest absolute Gasteiger partial charge is 0.198 e. The van der Waals surface area contributed by atoms with Crippen molar-refractivity contribution in [1.82, 2.24) is 20.9 Å². The zero-order valence-corrected chi connectivity index (χ0v) is 13.6. The van der Waals surface area contributed by atoms with Crippen LogP contribution in [0.15, 0.2) is 46.9 Å². The van der Waals surface area contributed by atoms with Crippen molar-refractivity contribution < 1.29 is 18.6 Å². The number of aromatic hydroxyl groups is 2. The van der Waals surface area contributed by atoms with Gasteiger partial charge in [-0.3, -0.25) is 5.01 Å². The molecule has 2 heterocycles. The number of rotatable bonds is 3. The molecule has 0 saturated heterocycles. The van der Waals surface area contributed by atoms with E-state index >= 15 is 0 Å². The second kappa shape index (κ2) is 5.41. The van der Waals surface area contributed by atoms with E-state index in [2.05, 4.69) is 10.9 Å². The van der Waals surface area contributed by atoms with E-state index < -0.39 is 15.6 Å². The van der Waals surface area contributed by atoms with E-state index in [1.807, 2.05) is 6.92 Å². The number of nitrogens with zero attached hydrogens (tertiary/aromatic N) is 2. The lowest BCUT2D eigenvalue weighted by atomic mass is 10.3. The van der Waals surface area contributed by atoms with Crippen molar-refractivity contribution in [2.45, 2.75) is 11.8 Å². The predicted molar refractivity (Wildman–Crippen MR) is 86.2 cm³/mol. The van der Waals surface area contributed by atoms with Crippen molar-refractivity contribution in [3.63, 3.8) is 0 Å². The Morgan fingerprint density at radius 3 is 2.70 bits per heavy atom. The predicted octanol–water partition coefficient (Wildman–Crippen LogP) is 0.500. The molecule has 0 atom stereocenters. The Bertz CT molecular complexity index is 848. The summed E-state index contributed by atoms with van der Waals surface area (Å²) < 4.78 is 24.8. The number of hydrogen-bond donors (Lipinski definition) is 4. The van der Waals surface area contributed by atoms with Crippen LogP contribution in [0.25, 0.3) is 0 Å². The zero-order chi connectivity index (χ0) is 16.8. The number of fused-ring (bicyclic) bond motifs is 1. The van der Waals surface area contributed by atoms with E-state index in [0.29, 0.717) is 10.8 Å². The molecular weight excluding hydrogens is 340 g/mol. The summed E-state index contributed by atoms with van der Waals surface area (Å²) in [5, 5.41) is 24.7. The van der Waals surface area contributed by atoms with Crippen LogP contribution in [0.1, 0.15) is 6.92 Å². The van der Waals surface area contributed by atoms with Crippen LogP contribution < -0.4 is 10.9 Å². The maximum Gasteiger partial charge on any atom is 0.198 e. The molecule has 0 aliphatic carbocycles. The number of allylic oxidation sites excluding steroid dienone is 1. The van der Waals surface area contributed by atoms with Gasteiger partial charge in [0.15, 0.2) is 21.3 Å². The van der Waals surface area contributed by atoms with Gasteiger partial charge < -0.3 is 15.5 Å². The molecule has 2 aliphatic heterocycles. The Balaban J connectivity index is 1.80. The molecule has 1 aromatic carbocycles. The summed E-state index contributed by atoms with van der Waals surface area (Å²) in [4.78, 5) is 0.414. The second-order valence-electron chi connectivity index (χ2n) is 5.10. The molecule has 2 aliphatic rings. The highest BCUT2D eigenvalue weighted by atomic mass is 32.2. The Morgan fingerprint density at radius 1 is 1.26 bits per heavy atom. The molecule has 0 spiro atoms. The van der Waals surface area contributed by atoms with Crippen LogP contribution in [0, 0.1) is 0 Å². The first-order valence-electron chi connectivity index (χ1n) is 6.55. The third-order valence-corrected chi connectivity index (χ3v) is 5.14. The SMILES string of the molecule is CC1=CC(=S)N2NN(CS(=O)(=O)c3ccc(O)c(O)c3)C=C2N1. The number of hydrazine groups is 2. The molecule has 10 heteroatoms. The van der Waals surface area contributed by atoms with E-state index in [1.54, 1.807) is 17.3 Å². The average Bonchev–Trinajstić information content (AvgIpc) is 2.83. The molecule has 1 aromatic rings. The fourth-order valence-electron chi connectivity index (χ4n) is 2.18. The molecule has 0 unspecified atom stereocenters. The second-order valence-corrected chi connectivity index (χ2v) is 7.48. The third kappa shape index (κ3) is 2.96. The quantitative estimate of drug-likeness (QED) is 0.456. The lowest BCUT2D eigenvalue weighted by molar-refractivity contribution is 0.212. The zero-order valence-electron chi connectivity index (χ0n) is 12.0. The minimum absolute atomic E-state index is 0.0947. The van der Waals surface area contributed by atoms with Crippen LogP contribution in [0.5, 0.6) is 11.5 Å².